The molecule has 26 heavy (non-hydrogen) atoms. The van der Waals surface area contributed by atoms with Crippen LogP contribution in [0.1, 0.15) is 29.8 Å². The monoisotopic (exact) mass is 349 g/mol. The van der Waals surface area contributed by atoms with Crippen LogP contribution in [0.2, 0.25) is 0 Å². The number of pyridine rings is 1. The van der Waals surface area contributed by atoms with Crippen LogP contribution in [0.25, 0.3) is 5.65 Å². The molecule has 1 aliphatic rings. The Bertz CT molecular complexity index is 911. The van der Waals surface area contributed by atoms with E-state index in [1.807, 2.05) is 66.1 Å². The highest BCUT2D eigenvalue weighted by Gasteiger charge is 2.41. The second-order valence-corrected chi connectivity index (χ2v) is 6.87. The summed E-state index contributed by atoms with van der Waals surface area (Å²) in [5, 5.41) is 3.12. The summed E-state index contributed by atoms with van der Waals surface area (Å²) in [4.78, 5) is 17.8. The van der Waals surface area contributed by atoms with E-state index in [4.69, 9.17) is 4.74 Å². The van der Waals surface area contributed by atoms with Crippen molar-refractivity contribution in [2.45, 2.75) is 31.7 Å². The first-order valence-corrected chi connectivity index (χ1v) is 9.04. The van der Waals surface area contributed by atoms with Crippen molar-refractivity contribution in [2.75, 3.05) is 13.2 Å². The summed E-state index contributed by atoms with van der Waals surface area (Å²) in [5.74, 6) is 0.0563. The molecule has 4 rings (SSSR count). The number of hydrogen-bond donors (Lipinski definition) is 1. The van der Waals surface area contributed by atoms with Gasteiger partial charge in [0.05, 0.1) is 17.7 Å². The van der Waals surface area contributed by atoms with Gasteiger partial charge in [-0.1, -0.05) is 36.4 Å². The molecule has 1 aromatic carbocycles. The van der Waals surface area contributed by atoms with Crippen LogP contribution in [0.4, 0.5) is 0 Å². The molecule has 0 radical (unpaired) electrons. The van der Waals surface area contributed by atoms with Gasteiger partial charge < -0.3 is 14.5 Å². The average Bonchev–Trinajstić information content (AvgIpc) is 3.12. The number of rotatable bonds is 4. The fraction of sp³-hybridized carbons (Fsp3) is 0.333. The Labute approximate surface area is 153 Å². The van der Waals surface area contributed by atoms with Crippen LogP contribution in [-0.4, -0.2) is 28.5 Å². The van der Waals surface area contributed by atoms with E-state index in [1.54, 1.807) is 0 Å². The molecular formula is C21H23N3O2. The van der Waals surface area contributed by atoms with Crippen molar-refractivity contribution in [3.8, 4) is 0 Å². The van der Waals surface area contributed by atoms with Crippen LogP contribution < -0.4 is 5.32 Å². The summed E-state index contributed by atoms with van der Waals surface area (Å²) < 4.78 is 7.56. The predicted molar refractivity (Wildman–Crippen MR) is 99.9 cm³/mol. The molecule has 1 saturated heterocycles. The van der Waals surface area contributed by atoms with E-state index in [0.29, 0.717) is 32.6 Å². The molecule has 5 nitrogen and oxygen atoms in total. The zero-order chi connectivity index (χ0) is 18.0. The molecule has 3 heterocycles. The van der Waals surface area contributed by atoms with Gasteiger partial charge in [-0.05, 0) is 37.5 Å². The minimum absolute atomic E-state index is 0.0563. The molecule has 3 aromatic rings. The molecular weight excluding hydrogens is 326 g/mol. The Hall–Kier alpha value is -2.66. The van der Waals surface area contributed by atoms with E-state index < -0.39 is 5.41 Å². The lowest BCUT2D eigenvalue weighted by Gasteiger charge is -2.36. The van der Waals surface area contributed by atoms with E-state index in [0.717, 1.165) is 22.6 Å². The normalized spacial score (nSPS) is 16.5. The molecule has 0 atom stereocenters. The Morgan fingerprint density at radius 3 is 2.65 bits per heavy atom. The summed E-state index contributed by atoms with van der Waals surface area (Å²) in [6.07, 6.45) is 3.39. The van der Waals surface area contributed by atoms with Gasteiger partial charge in [-0.2, -0.15) is 0 Å². The number of imidazole rings is 1. The van der Waals surface area contributed by atoms with Crippen molar-refractivity contribution in [1.29, 1.82) is 0 Å². The standard InChI is InChI=1S/C21H23N3O2/c1-16-6-5-9-19-23-18(15-24(16)19)14-22-20(25)21(10-12-26-13-11-21)17-7-3-2-4-8-17/h2-9,15H,10-14H2,1H3,(H,22,25). The maximum absolute atomic E-state index is 13.2. The second kappa shape index (κ2) is 6.92. The predicted octanol–water partition coefficient (Wildman–Crippen LogP) is 3.01. The molecule has 134 valence electrons. The van der Waals surface area contributed by atoms with Crippen LogP contribution in [0.15, 0.2) is 54.7 Å². The fourth-order valence-electron chi connectivity index (χ4n) is 3.75. The van der Waals surface area contributed by atoms with Crippen molar-refractivity contribution in [3.63, 3.8) is 0 Å². The SMILES string of the molecule is Cc1cccc2nc(CNC(=O)C3(c4ccccc4)CCOCC3)cn12. The zero-order valence-electron chi connectivity index (χ0n) is 14.9. The second-order valence-electron chi connectivity index (χ2n) is 6.87. The van der Waals surface area contributed by atoms with Gasteiger partial charge in [0, 0.05) is 25.1 Å². The van der Waals surface area contributed by atoms with Gasteiger partial charge in [0.1, 0.15) is 5.65 Å². The highest BCUT2D eigenvalue weighted by molar-refractivity contribution is 5.88. The van der Waals surface area contributed by atoms with E-state index in [9.17, 15) is 4.79 Å². The van der Waals surface area contributed by atoms with Gasteiger partial charge in [-0.3, -0.25) is 4.79 Å². The van der Waals surface area contributed by atoms with Crippen molar-refractivity contribution < 1.29 is 9.53 Å². The molecule has 0 unspecified atom stereocenters. The third-order valence-electron chi connectivity index (χ3n) is 5.28. The number of ether oxygens (including phenoxy) is 1. The number of fused-ring (bicyclic) bond motifs is 1. The lowest BCUT2D eigenvalue weighted by atomic mass is 9.73. The van der Waals surface area contributed by atoms with Crippen LogP contribution in [0, 0.1) is 6.92 Å². The Kier molecular flexibility index (Phi) is 4.47. The molecule has 2 aromatic heterocycles. The topological polar surface area (TPSA) is 55.6 Å². The maximum Gasteiger partial charge on any atom is 0.231 e. The Morgan fingerprint density at radius 1 is 1.15 bits per heavy atom. The number of nitrogens with one attached hydrogen (secondary N) is 1. The first-order chi connectivity index (χ1) is 12.7. The van der Waals surface area contributed by atoms with Gasteiger partial charge in [0.2, 0.25) is 5.91 Å². The molecule has 0 aliphatic carbocycles. The molecule has 1 fully saturated rings. The summed E-state index contributed by atoms with van der Waals surface area (Å²) in [5.41, 5.74) is 3.43. The van der Waals surface area contributed by atoms with E-state index in [1.165, 1.54) is 0 Å². The third-order valence-corrected chi connectivity index (χ3v) is 5.28. The Balaban J connectivity index is 1.55. The summed E-state index contributed by atoms with van der Waals surface area (Å²) >= 11 is 0. The zero-order valence-corrected chi connectivity index (χ0v) is 14.9. The molecule has 1 N–H and O–H groups in total. The van der Waals surface area contributed by atoms with Crippen molar-refractivity contribution in [1.82, 2.24) is 14.7 Å². The fourth-order valence-corrected chi connectivity index (χ4v) is 3.75. The van der Waals surface area contributed by atoms with Gasteiger partial charge in [0.25, 0.3) is 0 Å². The molecule has 1 amide bonds. The molecule has 0 spiro atoms. The number of nitrogens with zero attached hydrogens (tertiary/aromatic N) is 2. The number of amides is 1. The highest BCUT2D eigenvalue weighted by atomic mass is 16.5. The van der Waals surface area contributed by atoms with Gasteiger partial charge in [-0.25, -0.2) is 4.98 Å². The quantitative estimate of drug-likeness (QED) is 0.788. The summed E-state index contributed by atoms with van der Waals surface area (Å²) in [6.45, 7) is 3.69. The number of benzene rings is 1. The first-order valence-electron chi connectivity index (χ1n) is 9.04. The summed E-state index contributed by atoms with van der Waals surface area (Å²) in [7, 11) is 0. The third kappa shape index (κ3) is 2.99. The van der Waals surface area contributed by atoms with Crippen LogP contribution in [-0.2, 0) is 21.5 Å². The number of aromatic nitrogens is 2. The molecule has 0 saturated carbocycles. The highest BCUT2D eigenvalue weighted by Crippen LogP contribution is 2.35. The molecule has 1 aliphatic heterocycles. The van der Waals surface area contributed by atoms with E-state index >= 15 is 0 Å². The number of carbonyl (C=O) groups excluding carboxylic acids is 1. The number of aryl methyl sites for hydroxylation is 1. The minimum atomic E-state index is -0.519. The largest absolute Gasteiger partial charge is 0.381 e. The van der Waals surface area contributed by atoms with Crippen LogP contribution in [0.5, 0.6) is 0 Å². The summed E-state index contributed by atoms with van der Waals surface area (Å²) in [6, 6.07) is 16.1. The first kappa shape index (κ1) is 16.8. The molecule has 5 heteroatoms. The number of carbonyl (C=O) groups is 1. The van der Waals surface area contributed by atoms with Crippen molar-refractivity contribution in [2.24, 2.45) is 0 Å². The lowest BCUT2D eigenvalue weighted by Crippen LogP contribution is -2.47. The van der Waals surface area contributed by atoms with E-state index in [2.05, 4.69) is 10.3 Å². The van der Waals surface area contributed by atoms with Crippen LogP contribution in [0.3, 0.4) is 0 Å². The average molecular weight is 349 g/mol. The molecule has 0 bridgehead atoms. The Morgan fingerprint density at radius 2 is 1.92 bits per heavy atom. The maximum atomic E-state index is 13.2. The smallest absolute Gasteiger partial charge is 0.231 e. The lowest BCUT2D eigenvalue weighted by molar-refractivity contribution is -0.130. The van der Waals surface area contributed by atoms with Gasteiger partial charge in [0.15, 0.2) is 0 Å². The number of hydrogen-bond acceptors (Lipinski definition) is 3. The van der Waals surface area contributed by atoms with Gasteiger partial charge >= 0.3 is 0 Å². The van der Waals surface area contributed by atoms with Crippen molar-refractivity contribution >= 4 is 11.6 Å². The van der Waals surface area contributed by atoms with Gasteiger partial charge in [-0.15, -0.1) is 0 Å². The van der Waals surface area contributed by atoms with E-state index in [-0.39, 0.29) is 5.91 Å². The van der Waals surface area contributed by atoms with Crippen LogP contribution >= 0.6 is 0 Å². The van der Waals surface area contributed by atoms with Crippen molar-refractivity contribution in [3.05, 3.63) is 71.7 Å². The minimum Gasteiger partial charge on any atom is -0.381 e.